The second kappa shape index (κ2) is 6.93. The molecule has 27 heavy (non-hydrogen) atoms. The lowest BCUT2D eigenvalue weighted by Gasteiger charge is -2.38. The normalized spacial score (nSPS) is 24.3. The van der Waals surface area contributed by atoms with Crippen LogP contribution < -0.4 is 4.74 Å². The number of hydrogen-bond donors (Lipinski definition) is 0. The molecule has 3 heterocycles. The van der Waals surface area contributed by atoms with Gasteiger partial charge in [-0.2, -0.15) is 0 Å². The summed E-state index contributed by atoms with van der Waals surface area (Å²) < 4.78 is 7.93. The molecule has 1 unspecified atom stereocenters. The molecule has 0 N–H and O–H groups in total. The van der Waals surface area contributed by atoms with E-state index >= 15 is 0 Å². The van der Waals surface area contributed by atoms with Gasteiger partial charge in [0.25, 0.3) is 0 Å². The van der Waals surface area contributed by atoms with Crippen LogP contribution in [0.5, 0.6) is 5.75 Å². The zero-order valence-electron chi connectivity index (χ0n) is 16.4. The van der Waals surface area contributed by atoms with Crippen molar-refractivity contribution in [3.8, 4) is 5.75 Å². The van der Waals surface area contributed by atoms with Crippen molar-refractivity contribution in [1.82, 2.24) is 19.7 Å². The molecule has 2 aliphatic heterocycles. The molecule has 1 saturated carbocycles. The van der Waals surface area contributed by atoms with Crippen LogP contribution in [0.15, 0.2) is 24.5 Å². The molecule has 0 radical (unpaired) electrons. The van der Waals surface area contributed by atoms with Crippen LogP contribution in [0.25, 0.3) is 0 Å². The standard InChI is InChI=1S/C22H30N4O/c1-2-26-16-23-24-21(26)19-14-25(15-22(19)9-4-3-5-10-22)13-17-6-7-20-18(12-17)8-11-27-20/h6-7,12,16,19H,2-5,8-11,13-15H2,1H3. The third-order valence-electron chi connectivity index (χ3n) is 7.03. The molecule has 1 spiro atoms. The number of fused-ring (bicyclic) bond motifs is 1. The highest BCUT2D eigenvalue weighted by Gasteiger charge is 2.49. The van der Waals surface area contributed by atoms with Gasteiger partial charge in [0.05, 0.1) is 6.61 Å². The fourth-order valence-corrected chi connectivity index (χ4v) is 5.68. The molecule has 3 aliphatic rings. The van der Waals surface area contributed by atoms with Gasteiger partial charge in [0.15, 0.2) is 0 Å². The number of hydrogen-bond acceptors (Lipinski definition) is 4. The van der Waals surface area contributed by atoms with E-state index in [0.29, 0.717) is 11.3 Å². The molecule has 5 heteroatoms. The van der Waals surface area contributed by atoms with E-state index in [1.807, 2.05) is 6.33 Å². The quantitative estimate of drug-likeness (QED) is 0.826. The lowest BCUT2D eigenvalue weighted by atomic mass is 9.67. The number of nitrogens with zero attached hydrogens (tertiary/aromatic N) is 4. The monoisotopic (exact) mass is 366 g/mol. The fraction of sp³-hybridized carbons (Fsp3) is 0.636. The molecular weight excluding hydrogens is 336 g/mol. The molecule has 1 aromatic heterocycles. The van der Waals surface area contributed by atoms with E-state index in [1.165, 1.54) is 55.6 Å². The fourth-order valence-electron chi connectivity index (χ4n) is 5.68. The summed E-state index contributed by atoms with van der Waals surface area (Å²) in [6.45, 7) is 7.32. The van der Waals surface area contributed by atoms with Crippen molar-refractivity contribution < 1.29 is 4.74 Å². The van der Waals surface area contributed by atoms with Gasteiger partial charge in [-0.05, 0) is 42.4 Å². The van der Waals surface area contributed by atoms with Crippen molar-refractivity contribution in [2.75, 3.05) is 19.7 Å². The van der Waals surface area contributed by atoms with Gasteiger partial charge < -0.3 is 9.30 Å². The summed E-state index contributed by atoms with van der Waals surface area (Å²) in [4.78, 5) is 2.67. The summed E-state index contributed by atoms with van der Waals surface area (Å²) in [5.74, 6) is 2.81. The Morgan fingerprint density at radius 3 is 2.96 bits per heavy atom. The lowest BCUT2D eigenvalue weighted by molar-refractivity contribution is 0.164. The first-order valence-corrected chi connectivity index (χ1v) is 10.6. The molecule has 0 bridgehead atoms. The maximum Gasteiger partial charge on any atom is 0.137 e. The summed E-state index contributed by atoms with van der Waals surface area (Å²) in [6, 6.07) is 6.77. The van der Waals surface area contributed by atoms with Crippen LogP contribution in [0, 0.1) is 5.41 Å². The van der Waals surface area contributed by atoms with Gasteiger partial charge in [-0.15, -0.1) is 10.2 Å². The Labute approximate surface area is 161 Å². The topological polar surface area (TPSA) is 43.2 Å². The van der Waals surface area contributed by atoms with Gasteiger partial charge in [0.2, 0.25) is 0 Å². The molecule has 2 aromatic rings. The van der Waals surface area contributed by atoms with E-state index in [9.17, 15) is 0 Å². The van der Waals surface area contributed by atoms with Gasteiger partial charge in [-0.25, -0.2) is 0 Å². The predicted octanol–water partition coefficient (Wildman–Crippen LogP) is 3.78. The molecule has 144 valence electrons. The van der Waals surface area contributed by atoms with Gasteiger partial charge in [-0.1, -0.05) is 31.4 Å². The summed E-state index contributed by atoms with van der Waals surface area (Å²) in [7, 11) is 0. The summed E-state index contributed by atoms with van der Waals surface area (Å²) >= 11 is 0. The molecule has 0 amide bonds. The van der Waals surface area contributed by atoms with E-state index < -0.39 is 0 Å². The average molecular weight is 367 g/mol. The minimum atomic E-state index is 0.387. The van der Waals surface area contributed by atoms with Crippen LogP contribution in [0.4, 0.5) is 0 Å². The zero-order chi connectivity index (χ0) is 18.3. The number of benzene rings is 1. The maximum atomic E-state index is 5.67. The molecule has 1 atom stereocenters. The van der Waals surface area contributed by atoms with Gasteiger partial charge in [0.1, 0.15) is 17.9 Å². The van der Waals surface area contributed by atoms with Crippen molar-refractivity contribution in [3.63, 3.8) is 0 Å². The second-order valence-electron chi connectivity index (χ2n) is 8.66. The van der Waals surface area contributed by atoms with Gasteiger partial charge in [-0.3, -0.25) is 4.90 Å². The Morgan fingerprint density at radius 1 is 1.22 bits per heavy atom. The van der Waals surface area contributed by atoms with Gasteiger partial charge in [0, 0.05) is 38.5 Å². The number of ether oxygens (including phenoxy) is 1. The second-order valence-corrected chi connectivity index (χ2v) is 8.66. The SMILES string of the molecule is CCn1cnnc1C1CN(Cc2ccc3c(c2)CCO3)CC12CCCCC2. The molecular formula is C22H30N4O. The first-order valence-electron chi connectivity index (χ1n) is 10.6. The highest BCUT2D eigenvalue weighted by Crippen LogP contribution is 2.51. The minimum absolute atomic E-state index is 0.387. The number of likely N-dealkylation sites (tertiary alicyclic amines) is 1. The molecule has 1 aromatic carbocycles. The van der Waals surface area contributed by atoms with Crippen molar-refractivity contribution in [2.24, 2.45) is 5.41 Å². The van der Waals surface area contributed by atoms with Crippen molar-refractivity contribution in [1.29, 1.82) is 0 Å². The minimum Gasteiger partial charge on any atom is -0.493 e. The van der Waals surface area contributed by atoms with Gasteiger partial charge >= 0.3 is 0 Å². The Bertz CT molecular complexity index is 808. The third-order valence-corrected chi connectivity index (χ3v) is 7.03. The van der Waals surface area contributed by atoms with Crippen LogP contribution >= 0.6 is 0 Å². The molecule has 2 fully saturated rings. The third kappa shape index (κ3) is 3.06. The van der Waals surface area contributed by atoms with E-state index in [1.54, 1.807) is 0 Å². The Balaban J connectivity index is 1.40. The van der Waals surface area contributed by atoms with Crippen LogP contribution in [-0.4, -0.2) is 39.4 Å². The largest absolute Gasteiger partial charge is 0.493 e. The number of rotatable bonds is 4. The average Bonchev–Trinajstić information content (AvgIpc) is 3.40. The zero-order valence-corrected chi connectivity index (χ0v) is 16.4. The maximum absolute atomic E-state index is 5.67. The van der Waals surface area contributed by atoms with Crippen molar-refractivity contribution in [3.05, 3.63) is 41.5 Å². The van der Waals surface area contributed by atoms with E-state index in [2.05, 4.69) is 44.8 Å². The van der Waals surface area contributed by atoms with Crippen LogP contribution in [0.2, 0.25) is 0 Å². The highest BCUT2D eigenvalue weighted by atomic mass is 16.5. The Hall–Kier alpha value is -1.88. The Kier molecular flexibility index (Phi) is 4.43. The molecule has 1 aliphatic carbocycles. The van der Waals surface area contributed by atoms with Crippen LogP contribution in [0.3, 0.4) is 0 Å². The highest BCUT2D eigenvalue weighted by molar-refractivity contribution is 5.39. The summed E-state index contributed by atoms with van der Waals surface area (Å²) in [5.41, 5.74) is 3.18. The van der Waals surface area contributed by atoms with Crippen molar-refractivity contribution >= 4 is 0 Å². The lowest BCUT2D eigenvalue weighted by Crippen LogP contribution is -2.33. The predicted molar refractivity (Wildman–Crippen MR) is 105 cm³/mol. The number of aromatic nitrogens is 3. The first kappa shape index (κ1) is 17.2. The smallest absolute Gasteiger partial charge is 0.137 e. The summed E-state index contributed by atoms with van der Waals surface area (Å²) in [6.07, 6.45) is 9.75. The molecule has 5 rings (SSSR count). The van der Waals surface area contributed by atoms with E-state index in [-0.39, 0.29) is 0 Å². The van der Waals surface area contributed by atoms with Crippen LogP contribution in [-0.2, 0) is 19.5 Å². The molecule has 5 nitrogen and oxygen atoms in total. The van der Waals surface area contributed by atoms with E-state index in [4.69, 9.17) is 4.74 Å². The first-order chi connectivity index (χ1) is 13.3. The summed E-state index contributed by atoms with van der Waals surface area (Å²) in [5, 5.41) is 8.82. The molecule has 1 saturated heterocycles. The number of aryl methyl sites for hydroxylation is 1. The van der Waals surface area contributed by atoms with Crippen LogP contribution in [0.1, 0.15) is 61.9 Å². The van der Waals surface area contributed by atoms with E-state index in [0.717, 1.165) is 38.4 Å². The Morgan fingerprint density at radius 2 is 2.11 bits per heavy atom. The van der Waals surface area contributed by atoms with Crippen molar-refractivity contribution in [2.45, 2.75) is 64.5 Å².